The van der Waals surface area contributed by atoms with Gasteiger partial charge >= 0.3 is 0 Å². The monoisotopic (exact) mass is 305 g/mol. The number of hydrogen-bond acceptors (Lipinski definition) is 4. The van der Waals surface area contributed by atoms with Gasteiger partial charge in [0.2, 0.25) is 0 Å². The fourth-order valence-corrected chi connectivity index (χ4v) is 4.31. The minimum absolute atomic E-state index is 0.0290. The Morgan fingerprint density at radius 1 is 1.53 bits per heavy atom. The Balaban J connectivity index is 2.08. The molecule has 0 amide bonds. The van der Waals surface area contributed by atoms with Gasteiger partial charge in [0, 0.05) is 25.2 Å². The van der Waals surface area contributed by atoms with E-state index < -0.39 is 9.84 Å². The molecule has 0 unspecified atom stereocenters. The van der Waals surface area contributed by atoms with E-state index in [0.717, 1.165) is 11.3 Å². The lowest BCUT2D eigenvalue weighted by Crippen LogP contribution is -2.29. The average molecular weight is 306 g/mol. The van der Waals surface area contributed by atoms with Crippen molar-refractivity contribution < 1.29 is 8.42 Å². The van der Waals surface area contributed by atoms with E-state index in [2.05, 4.69) is 24.3 Å². The van der Waals surface area contributed by atoms with Gasteiger partial charge in [-0.25, -0.2) is 8.42 Å². The summed E-state index contributed by atoms with van der Waals surface area (Å²) >= 11 is 6.24. The predicted molar refractivity (Wildman–Crippen MR) is 76.2 cm³/mol. The van der Waals surface area contributed by atoms with Crippen molar-refractivity contribution in [3.63, 3.8) is 0 Å². The highest BCUT2D eigenvalue weighted by atomic mass is 35.5. The Morgan fingerprint density at radius 3 is 2.74 bits per heavy atom. The van der Waals surface area contributed by atoms with Crippen LogP contribution >= 0.6 is 11.6 Å². The van der Waals surface area contributed by atoms with E-state index in [0.29, 0.717) is 24.0 Å². The van der Waals surface area contributed by atoms with Crippen molar-refractivity contribution in [3.8, 4) is 0 Å². The van der Waals surface area contributed by atoms with Gasteiger partial charge in [0.15, 0.2) is 9.84 Å². The first-order valence-electron chi connectivity index (χ1n) is 6.45. The third-order valence-electron chi connectivity index (χ3n) is 3.45. The van der Waals surface area contributed by atoms with Crippen molar-refractivity contribution in [1.82, 2.24) is 15.1 Å². The Labute approximate surface area is 119 Å². The van der Waals surface area contributed by atoms with Gasteiger partial charge in [0.25, 0.3) is 0 Å². The molecule has 0 radical (unpaired) electrons. The molecule has 0 aromatic carbocycles. The molecule has 7 heteroatoms. The van der Waals surface area contributed by atoms with Crippen molar-refractivity contribution in [3.05, 3.63) is 16.4 Å². The summed E-state index contributed by atoms with van der Waals surface area (Å²) in [5.74, 6) is 0.799. The number of sulfone groups is 1. The second-order valence-electron chi connectivity index (χ2n) is 5.41. The molecule has 1 N–H and O–H groups in total. The Bertz CT molecular complexity index is 566. The first-order chi connectivity index (χ1) is 8.80. The molecule has 1 aliphatic heterocycles. The van der Waals surface area contributed by atoms with Gasteiger partial charge in [-0.2, -0.15) is 5.10 Å². The zero-order valence-corrected chi connectivity index (χ0v) is 13.1. The van der Waals surface area contributed by atoms with Gasteiger partial charge in [-0.15, -0.1) is 0 Å². The fourth-order valence-electron chi connectivity index (χ4n) is 2.40. The number of nitrogens with one attached hydrogen (secondary N) is 1. The van der Waals surface area contributed by atoms with E-state index in [1.165, 1.54) is 0 Å². The van der Waals surface area contributed by atoms with E-state index in [9.17, 15) is 8.42 Å². The number of hydrogen-bond donors (Lipinski definition) is 1. The molecule has 1 fully saturated rings. The maximum atomic E-state index is 11.4. The normalized spacial score (nSPS) is 22.3. The average Bonchev–Trinajstić information content (AvgIpc) is 2.79. The van der Waals surface area contributed by atoms with E-state index in [1.807, 2.05) is 7.05 Å². The summed E-state index contributed by atoms with van der Waals surface area (Å²) < 4.78 is 24.5. The SMILES string of the molecule is CC(C)c1nn(C)c(Cl)c1CN[C@@H]1CCS(=O)(=O)C1. The molecular weight excluding hydrogens is 286 g/mol. The van der Waals surface area contributed by atoms with Crippen LogP contribution in [0.1, 0.15) is 37.4 Å². The van der Waals surface area contributed by atoms with E-state index in [4.69, 9.17) is 11.6 Å². The van der Waals surface area contributed by atoms with Crippen LogP contribution in [0.3, 0.4) is 0 Å². The number of halogens is 1. The summed E-state index contributed by atoms with van der Waals surface area (Å²) in [6.45, 7) is 4.71. The first-order valence-corrected chi connectivity index (χ1v) is 8.65. The molecule has 5 nitrogen and oxygen atoms in total. The van der Waals surface area contributed by atoms with Gasteiger partial charge in [-0.3, -0.25) is 4.68 Å². The van der Waals surface area contributed by atoms with Gasteiger partial charge in [0.1, 0.15) is 5.15 Å². The molecule has 1 aromatic rings. The largest absolute Gasteiger partial charge is 0.309 e. The van der Waals surface area contributed by atoms with E-state index >= 15 is 0 Å². The Hall–Kier alpha value is -0.590. The highest BCUT2D eigenvalue weighted by molar-refractivity contribution is 7.91. The maximum absolute atomic E-state index is 11.4. The van der Waals surface area contributed by atoms with E-state index in [-0.39, 0.29) is 17.5 Å². The summed E-state index contributed by atoms with van der Waals surface area (Å²) in [6.07, 6.45) is 0.678. The number of nitrogens with zero attached hydrogens (tertiary/aromatic N) is 2. The highest BCUT2D eigenvalue weighted by Gasteiger charge is 2.28. The van der Waals surface area contributed by atoms with Crippen LogP contribution in [0.25, 0.3) is 0 Å². The lowest BCUT2D eigenvalue weighted by Gasteiger charge is -2.12. The van der Waals surface area contributed by atoms with Crippen LogP contribution in [0.4, 0.5) is 0 Å². The first kappa shape index (κ1) is 14.8. The fraction of sp³-hybridized carbons (Fsp3) is 0.750. The van der Waals surface area contributed by atoms with Gasteiger partial charge in [-0.05, 0) is 12.3 Å². The minimum Gasteiger partial charge on any atom is -0.309 e. The smallest absolute Gasteiger partial charge is 0.151 e. The zero-order chi connectivity index (χ0) is 14.2. The lowest BCUT2D eigenvalue weighted by molar-refractivity contribution is 0.551. The number of aryl methyl sites for hydroxylation is 1. The van der Waals surface area contributed by atoms with Crippen LogP contribution in [0.2, 0.25) is 5.15 Å². The van der Waals surface area contributed by atoms with Crippen molar-refractivity contribution in [2.75, 3.05) is 11.5 Å². The van der Waals surface area contributed by atoms with Gasteiger partial charge in [0.05, 0.1) is 17.2 Å². The molecule has 2 heterocycles. The molecule has 1 saturated heterocycles. The molecule has 0 bridgehead atoms. The summed E-state index contributed by atoms with van der Waals surface area (Å²) in [7, 11) is -1.03. The van der Waals surface area contributed by atoms with Crippen molar-refractivity contribution in [2.24, 2.45) is 7.05 Å². The van der Waals surface area contributed by atoms with Crippen LogP contribution < -0.4 is 5.32 Å². The molecule has 1 aliphatic rings. The van der Waals surface area contributed by atoms with Crippen molar-refractivity contribution in [2.45, 2.75) is 38.8 Å². The maximum Gasteiger partial charge on any atom is 0.151 e. The third-order valence-corrected chi connectivity index (χ3v) is 5.69. The molecular formula is C12H20ClN3O2S. The van der Waals surface area contributed by atoms with Crippen molar-refractivity contribution >= 4 is 21.4 Å². The molecule has 108 valence electrons. The van der Waals surface area contributed by atoms with Crippen molar-refractivity contribution in [1.29, 1.82) is 0 Å². The summed E-state index contributed by atoms with van der Waals surface area (Å²) in [4.78, 5) is 0. The zero-order valence-electron chi connectivity index (χ0n) is 11.5. The topological polar surface area (TPSA) is 64.0 Å². The Morgan fingerprint density at radius 2 is 2.21 bits per heavy atom. The summed E-state index contributed by atoms with van der Waals surface area (Å²) in [5.41, 5.74) is 1.95. The Kier molecular flexibility index (Phi) is 4.23. The van der Waals surface area contributed by atoms with Gasteiger partial charge in [-0.1, -0.05) is 25.4 Å². The molecule has 0 spiro atoms. The van der Waals surface area contributed by atoms with Crippen LogP contribution in [-0.2, 0) is 23.4 Å². The minimum atomic E-state index is -2.85. The van der Waals surface area contributed by atoms with E-state index in [1.54, 1.807) is 4.68 Å². The lowest BCUT2D eigenvalue weighted by atomic mass is 10.1. The van der Waals surface area contributed by atoms with Gasteiger partial charge < -0.3 is 5.32 Å². The molecule has 0 saturated carbocycles. The molecule has 2 rings (SSSR count). The second-order valence-corrected chi connectivity index (χ2v) is 8.00. The third kappa shape index (κ3) is 3.30. The molecule has 19 heavy (non-hydrogen) atoms. The standard InChI is InChI=1S/C12H20ClN3O2S/c1-8(2)11-10(12(13)16(3)15-11)6-14-9-4-5-19(17,18)7-9/h8-9,14H,4-7H2,1-3H3/t9-/m1/s1. The van der Waals surface area contributed by atoms with Crippen LogP contribution in [0, 0.1) is 0 Å². The molecule has 1 atom stereocenters. The molecule has 1 aromatic heterocycles. The van der Waals surface area contributed by atoms with Crippen LogP contribution in [-0.4, -0.2) is 35.7 Å². The quantitative estimate of drug-likeness (QED) is 0.915. The highest BCUT2D eigenvalue weighted by Crippen LogP contribution is 2.25. The summed E-state index contributed by atoms with van der Waals surface area (Å²) in [6, 6.07) is 0.0290. The molecule has 0 aliphatic carbocycles. The summed E-state index contributed by atoms with van der Waals surface area (Å²) in [5, 5.41) is 8.32. The predicted octanol–water partition coefficient (Wildman–Crippen LogP) is 1.47. The second kappa shape index (κ2) is 5.42. The number of aromatic nitrogens is 2. The van der Waals surface area contributed by atoms with Crippen LogP contribution in [0.5, 0.6) is 0 Å². The van der Waals surface area contributed by atoms with Crippen LogP contribution in [0.15, 0.2) is 0 Å². The number of rotatable bonds is 4.